The van der Waals surface area contributed by atoms with Crippen LogP contribution in [0, 0.1) is 13.8 Å². The van der Waals surface area contributed by atoms with Gasteiger partial charge in [-0.05, 0) is 38.1 Å². The molecule has 0 aliphatic heterocycles. The third kappa shape index (κ3) is 4.03. The number of nitrogens with one attached hydrogen (secondary N) is 1. The molecule has 0 amide bonds. The highest BCUT2D eigenvalue weighted by molar-refractivity contribution is 7.92. The van der Waals surface area contributed by atoms with Gasteiger partial charge in [-0.1, -0.05) is 16.8 Å². The minimum atomic E-state index is -4.08. The maximum atomic E-state index is 13.2. The van der Waals surface area contributed by atoms with E-state index < -0.39 is 10.0 Å². The standard InChI is InChI=1S/C20H21ClN2O6S/c1-11-12(2)22-29-20(11)13-6-7-16(26-3)19(8-13)30(24,25)23-15-9-14(21)17(27-4)10-18(15)28-5/h6-10,23H,1-5H3. The average Bonchev–Trinajstić information content (AvgIpc) is 3.06. The van der Waals surface area contributed by atoms with Crippen molar-refractivity contribution < 1.29 is 27.2 Å². The molecule has 0 radical (unpaired) electrons. The van der Waals surface area contributed by atoms with E-state index in [9.17, 15) is 8.42 Å². The Kier molecular flexibility index (Phi) is 6.14. The maximum Gasteiger partial charge on any atom is 0.265 e. The summed E-state index contributed by atoms with van der Waals surface area (Å²) in [6.07, 6.45) is 0. The van der Waals surface area contributed by atoms with Crippen LogP contribution in [-0.2, 0) is 10.0 Å². The van der Waals surface area contributed by atoms with Crippen molar-refractivity contribution in [2.45, 2.75) is 18.7 Å². The zero-order valence-electron chi connectivity index (χ0n) is 17.1. The topological polar surface area (TPSA) is 99.9 Å². The lowest BCUT2D eigenvalue weighted by Crippen LogP contribution is -2.15. The maximum absolute atomic E-state index is 13.2. The smallest absolute Gasteiger partial charge is 0.265 e. The number of rotatable bonds is 7. The van der Waals surface area contributed by atoms with E-state index in [0.29, 0.717) is 17.1 Å². The van der Waals surface area contributed by atoms with Crippen LogP contribution in [0.3, 0.4) is 0 Å². The van der Waals surface area contributed by atoms with E-state index in [4.69, 9.17) is 30.3 Å². The van der Waals surface area contributed by atoms with Crippen molar-refractivity contribution in [1.29, 1.82) is 0 Å². The van der Waals surface area contributed by atoms with Crippen LogP contribution in [-0.4, -0.2) is 34.9 Å². The molecule has 8 nitrogen and oxygen atoms in total. The number of hydrogen-bond acceptors (Lipinski definition) is 7. The van der Waals surface area contributed by atoms with E-state index in [2.05, 4.69) is 9.88 Å². The Labute approximate surface area is 179 Å². The molecule has 0 aliphatic rings. The minimum absolute atomic E-state index is 0.0788. The predicted octanol–water partition coefficient (Wildman–Crippen LogP) is 4.44. The summed E-state index contributed by atoms with van der Waals surface area (Å²) in [5, 5.41) is 4.16. The number of halogens is 1. The monoisotopic (exact) mass is 452 g/mol. The lowest BCUT2D eigenvalue weighted by Gasteiger charge is -2.16. The van der Waals surface area contributed by atoms with Crippen LogP contribution in [0.15, 0.2) is 39.8 Å². The van der Waals surface area contributed by atoms with Crippen molar-refractivity contribution >= 4 is 27.3 Å². The summed E-state index contributed by atoms with van der Waals surface area (Å²) >= 11 is 6.16. The van der Waals surface area contributed by atoms with Gasteiger partial charge in [-0.25, -0.2) is 8.42 Å². The van der Waals surface area contributed by atoms with Gasteiger partial charge in [-0.15, -0.1) is 0 Å². The van der Waals surface area contributed by atoms with Crippen molar-refractivity contribution in [2.75, 3.05) is 26.1 Å². The van der Waals surface area contributed by atoms with Gasteiger partial charge < -0.3 is 18.7 Å². The summed E-state index contributed by atoms with van der Waals surface area (Å²) in [7, 11) is 0.179. The summed E-state index contributed by atoms with van der Waals surface area (Å²) in [4.78, 5) is -0.0788. The zero-order valence-corrected chi connectivity index (χ0v) is 18.6. The largest absolute Gasteiger partial charge is 0.495 e. The van der Waals surface area contributed by atoms with Gasteiger partial charge in [0.25, 0.3) is 10.0 Å². The molecule has 30 heavy (non-hydrogen) atoms. The fourth-order valence-corrected chi connectivity index (χ4v) is 4.35. The molecule has 1 heterocycles. The van der Waals surface area contributed by atoms with E-state index >= 15 is 0 Å². The van der Waals surface area contributed by atoms with Gasteiger partial charge in [-0.2, -0.15) is 0 Å². The molecule has 3 aromatic rings. The van der Waals surface area contributed by atoms with Crippen molar-refractivity contribution in [3.05, 3.63) is 46.6 Å². The first-order valence-corrected chi connectivity index (χ1v) is 10.6. The molecule has 0 atom stereocenters. The molecule has 2 aromatic carbocycles. The van der Waals surface area contributed by atoms with Crippen LogP contribution < -0.4 is 18.9 Å². The summed E-state index contributed by atoms with van der Waals surface area (Å²) < 4.78 is 50.0. The molecule has 0 aliphatic carbocycles. The quantitative estimate of drug-likeness (QED) is 0.565. The van der Waals surface area contributed by atoms with Crippen molar-refractivity contribution in [2.24, 2.45) is 0 Å². The molecule has 0 unspecified atom stereocenters. The van der Waals surface area contributed by atoms with Gasteiger partial charge in [0.2, 0.25) is 0 Å². The van der Waals surface area contributed by atoms with Crippen LogP contribution >= 0.6 is 11.6 Å². The van der Waals surface area contributed by atoms with Crippen molar-refractivity contribution in [3.8, 4) is 28.6 Å². The van der Waals surface area contributed by atoms with Crippen molar-refractivity contribution in [3.63, 3.8) is 0 Å². The van der Waals surface area contributed by atoms with Gasteiger partial charge in [0, 0.05) is 17.2 Å². The van der Waals surface area contributed by atoms with Gasteiger partial charge in [-0.3, -0.25) is 4.72 Å². The van der Waals surface area contributed by atoms with E-state index in [1.165, 1.54) is 39.5 Å². The molecule has 0 spiro atoms. The number of ether oxygens (including phenoxy) is 3. The molecule has 1 aromatic heterocycles. The third-order valence-corrected chi connectivity index (χ3v) is 6.27. The van der Waals surface area contributed by atoms with Crippen molar-refractivity contribution in [1.82, 2.24) is 5.16 Å². The van der Waals surface area contributed by atoms with Crippen LogP contribution in [0.25, 0.3) is 11.3 Å². The Morgan fingerprint density at radius 3 is 2.20 bits per heavy atom. The number of sulfonamides is 1. The van der Waals surface area contributed by atoms with Gasteiger partial charge in [0.1, 0.15) is 22.1 Å². The molecule has 1 N–H and O–H groups in total. The Morgan fingerprint density at radius 2 is 1.63 bits per heavy atom. The first-order chi connectivity index (χ1) is 14.2. The van der Waals surface area contributed by atoms with Crippen LogP contribution in [0.1, 0.15) is 11.3 Å². The number of aryl methyl sites for hydroxylation is 1. The highest BCUT2D eigenvalue weighted by Crippen LogP contribution is 2.38. The Hall–Kier alpha value is -2.91. The fraction of sp³-hybridized carbons (Fsp3) is 0.250. The van der Waals surface area contributed by atoms with Gasteiger partial charge >= 0.3 is 0 Å². The van der Waals surface area contributed by atoms with E-state index in [0.717, 1.165) is 11.3 Å². The second-order valence-electron chi connectivity index (χ2n) is 6.38. The Balaban J connectivity index is 2.09. The highest BCUT2D eigenvalue weighted by atomic mass is 35.5. The molecule has 0 fully saturated rings. The summed E-state index contributed by atoms with van der Waals surface area (Å²) in [6, 6.07) is 7.63. The van der Waals surface area contributed by atoms with E-state index in [1.807, 2.05) is 13.8 Å². The molecule has 3 rings (SSSR count). The Morgan fingerprint density at radius 1 is 0.967 bits per heavy atom. The number of nitrogens with zero attached hydrogens (tertiary/aromatic N) is 1. The lowest BCUT2D eigenvalue weighted by atomic mass is 10.1. The number of aromatic nitrogens is 1. The lowest BCUT2D eigenvalue weighted by molar-refractivity contribution is 0.395. The molecule has 10 heteroatoms. The SMILES string of the molecule is COc1cc(OC)c(NS(=O)(=O)c2cc(-c3onc(C)c3C)ccc2OC)cc1Cl. The predicted molar refractivity (Wildman–Crippen MR) is 113 cm³/mol. The molecular formula is C20H21ClN2O6S. The molecule has 160 valence electrons. The third-order valence-electron chi connectivity index (χ3n) is 4.59. The number of methoxy groups -OCH3 is 3. The fourth-order valence-electron chi connectivity index (χ4n) is 2.85. The van der Waals surface area contributed by atoms with E-state index in [-0.39, 0.29) is 27.1 Å². The summed E-state index contributed by atoms with van der Waals surface area (Å²) in [5.74, 6) is 1.25. The number of hydrogen-bond donors (Lipinski definition) is 1. The first kappa shape index (κ1) is 21.8. The van der Waals surface area contributed by atoms with Crippen LogP contribution in [0.2, 0.25) is 5.02 Å². The molecule has 0 saturated carbocycles. The van der Waals surface area contributed by atoms with Crippen LogP contribution in [0.5, 0.6) is 17.2 Å². The van der Waals surface area contributed by atoms with Crippen LogP contribution in [0.4, 0.5) is 5.69 Å². The summed E-state index contributed by atoms with van der Waals surface area (Å²) in [6.45, 7) is 3.66. The second-order valence-corrected chi connectivity index (χ2v) is 8.44. The van der Waals surface area contributed by atoms with Gasteiger partial charge in [0.05, 0.1) is 37.7 Å². The number of anilines is 1. The minimum Gasteiger partial charge on any atom is -0.495 e. The average molecular weight is 453 g/mol. The molecule has 0 bridgehead atoms. The first-order valence-electron chi connectivity index (χ1n) is 8.77. The Bertz CT molecular complexity index is 1190. The second kappa shape index (κ2) is 8.45. The van der Waals surface area contributed by atoms with Gasteiger partial charge in [0.15, 0.2) is 5.76 Å². The molecule has 0 saturated heterocycles. The zero-order chi connectivity index (χ0) is 22.1. The number of benzene rings is 2. The molecular weight excluding hydrogens is 432 g/mol. The summed E-state index contributed by atoms with van der Waals surface area (Å²) in [5.41, 5.74) is 2.25. The normalized spacial score (nSPS) is 11.3. The van der Waals surface area contributed by atoms with E-state index in [1.54, 1.807) is 12.1 Å². The highest BCUT2D eigenvalue weighted by Gasteiger charge is 2.24.